The van der Waals surface area contributed by atoms with Crippen molar-refractivity contribution in [3.05, 3.63) is 0 Å². The van der Waals surface area contributed by atoms with Crippen LogP contribution in [0.4, 0.5) is 0 Å². The van der Waals surface area contributed by atoms with Crippen LogP contribution in [0.5, 0.6) is 0 Å². The number of hydrogen-bond acceptors (Lipinski definition) is 3. The summed E-state index contributed by atoms with van der Waals surface area (Å²) in [6.45, 7) is 8.57. The largest absolute Gasteiger partial charge is 1.00 e. The Morgan fingerprint density at radius 3 is 1.91 bits per heavy atom. The Hall–Kier alpha value is 0.510. The smallest absolute Gasteiger partial charge is 0.470 e. The molecule has 1 unspecified atom stereocenters. The van der Waals surface area contributed by atoms with Gasteiger partial charge in [-0.1, -0.05) is 0 Å². The van der Waals surface area contributed by atoms with Crippen LogP contribution in [0.1, 0.15) is 39.5 Å². The molecule has 1 saturated heterocycles. The summed E-state index contributed by atoms with van der Waals surface area (Å²) >= 11 is 0. The Bertz CT molecular complexity index is 439. The van der Waals surface area contributed by atoms with Crippen molar-refractivity contribution in [1.29, 1.82) is 0 Å². The molecule has 1 atom stereocenters. The Morgan fingerprint density at radius 1 is 1.09 bits per heavy atom. The molecule has 11 heteroatoms. The molecule has 1 aliphatic heterocycles. The lowest BCUT2D eigenvalue weighted by Gasteiger charge is -2.42. The lowest BCUT2D eigenvalue weighted by atomic mass is 9.90. The van der Waals surface area contributed by atoms with Crippen molar-refractivity contribution in [2.75, 3.05) is 26.2 Å². The maximum absolute atomic E-state index is 11.3. The summed E-state index contributed by atoms with van der Waals surface area (Å²) in [6.07, 6.45) is 2.39. The molecule has 0 aromatic rings. The van der Waals surface area contributed by atoms with Crippen LogP contribution in [0, 0.1) is 5.92 Å². The second kappa shape index (κ2) is 9.27. The third kappa shape index (κ3) is 7.95. The van der Waals surface area contributed by atoms with Gasteiger partial charge in [0.05, 0.1) is 26.2 Å². The molecule has 0 radical (unpaired) electrons. The van der Waals surface area contributed by atoms with Crippen LogP contribution in [0.25, 0.3) is 0 Å². The first-order chi connectivity index (χ1) is 10.0. The second-order valence-corrected chi connectivity index (χ2v) is 9.03. The number of rotatable bonds is 8. The summed E-state index contributed by atoms with van der Waals surface area (Å²) in [6, 6.07) is 0. The molecule has 0 spiro atoms. The average Bonchev–Trinajstić information content (AvgIpc) is 2.42. The summed E-state index contributed by atoms with van der Waals surface area (Å²) in [7, 11) is -9.61. The minimum atomic E-state index is -4.91. The fourth-order valence-corrected chi connectivity index (χ4v) is 4.90. The summed E-state index contributed by atoms with van der Waals surface area (Å²) < 4.78 is 27.5. The molecular formula is C12H28ClNO7P2. The maximum atomic E-state index is 11.3. The summed E-state index contributed by atoms with van der Waals surface area (Å²) in [4.78, 5) is 35.9. The zero-order valence-electron chi connectivity index (χ0n) is 13.5. The highest BCUT2D eigenvalue weighted by molar-refractivity contribution is 7.53. The molecule has 23 heavy (non-hydrogen) atoms. The van der Waals surface area contributed by atoms with Gasteiger partial charge in [-0.15, -0.1) is 0 Å². The number of hydrogen-bond donors (Lipinski definition) is 4. The normalized spacial score (nSPS) is 20.8. The predicted molar refractivity (Wildman–Crippen MR) is 82.0 cm³/mol. The Labute approximate surface area is 143 Å². The fourth-order valence-electron chi connectivity index (χ4n) is 3.13. The highest BCUT2D eigenvalue weighted by Crippen LogP contribution is 2.52. The highest BCUT2D eigenvalue weighted by Gasteiger charge is 2.37. The molecule has 1 fully saturated rings. The van der Waals surface area contributed by atoms with E-state index in [2.05, 4.69) is 18.4 Å². The van der Waals surface area contributed by atoms with E-state index in [1.54, 1.807) is 0 Å². The van der Waals surface area contributed by atoms with Crippen LogP contribution in [0.3, 0.4) is 0 Å². The number of likely N-dealkylation sites (tertiary alicyclic amines) is 1. The average molecular weight is 396 g/mol. The number of halogens is 1. The van der Waals surface area contributed by atoms with Crippen LogP contribution in [0.15, 0.2) is 0 Å². The monoisotopic (exact) mass is 395 g/mol. The van der Waals surface area contributed by atoms with Crippen molar-refractivity contribution in [3.63, 3.8) is 0 Å². The molecule has 0 aliphatic carbocycles. The topological polar surface area (TPSA) is 124 Å². The molecule has 0 bridgehead atoms. The predicted octanol–water partition coefficient (Wildman–Crippen LogP) is -1.35. The van der Waals surface area contributed by atoms with Gasteiger partial charge in [-0.3, -0.25) is 9.09 Å². The van der Waals surface area contributed by atoms with E-state index in [0.29, 0.717) is 12.3 Å². The summed E-state index contributed by atoms with van der Waals surface area (Å²) in [5.41, 5.74) is 0. The van der Waals surface area contributed by atoms with Gasteiger partial charge in [0.2, 0.25) is 0 Å². The number of phosphoric ester groups is 1. The molecule has 0 aromatic heterocycles. The molecule has 1 rings (SSSR count). The Morgan fingerprint density at radius 2 is 1.57 bits per heavy atom. The van der Waals surface area contributed by atoms with Crippen LogP contribution < -0.4 is 12.4 Å². The van der Waals surface area contributed by atoms with E-state index in [0.717, 1.165) is 43.5 Å². The number of piperidine rings is 1. The summed E-state index contributed by atoms with van der Waals surface area (Å²) in [5.74, 6) is -1.41. The molecule has 8 nitrogen and oxygen atoms in total. The van der Waals surface area contributed by atoms with Gasteiger partial charge < -0.3 is 36.5 Å². The molecule has 140 valence electrons. The number of quaternary nitrogens is 1. The van der Waals surface area contributed by atoms with E-state index in [4.69, 9.17) is 19.6 Å². The number of phosphoric acid groups is 1. The fraction of sp³-hybridized carbons (Fsp3) is 1.00. The van der Waals surface area contributed by atoms with Gasteiger partial charge in [0, 0.05) is 0 Å². The maximum Gasteiger partial charge on any atom is 0.470 e. The first kappa shape index (κ1) is 23.5. The first-order valence-corrected chi connectivity index (χ1v) is 10.9. The standard InChI is InChI=1S/C12H27NO7P2.ClH/c1-3-13(4-2)9-7-11(8-10-13)5-6-12(21(14,15)16)20-22(17,18)19;/h11-12H,3-10H2,1-2H3,(H3-,14,15,16,17,18,19);1H. The van der Waals surface area contributed by atoms with Crippen molar-refractivity contribution in [1.82, 2.24) is 0 Å². The van der Waals surface area contributed by atoms with Gasteiger partial charge in [0.1, 0.15) is 0 Å². The molecule has 0 saturated carbocycles. The first-order valence-electron chi connectivity index (χ1n) is 7.65. The van der Waals surface area contributed by atoms with Gasteiger partial charge in [-0.2, -0.15) is 0 Å². The van der Waals surface area contributed by atoms with Crippen molar-refractivity contribution in [3.8, 4) is 0 Å². The van der Waals surface area contributed by atoms with Crippen LogP contribution in [-0.4, -0.2) is 56.1 Å². The van der Waals surface area contributed by atoms with Gasteiger partial charge in [-0.05, 0) is 45.4 Å². The second-order valence-electron chi connectivity index (χ2n) is 6.08. The van der Waals surface area contributed by atoms with E-state index < -0.39 is 21.3 Å². The highest BCUT2D eigenvalue weighted by atomic mass is 35.5. The minimum absolute atomic E-state index is 0. The third-order valence-electron chi connectivity index (χ3n) is 4.82. The molecule has 1 heterocycles. The van der Waals surface area contributed by atoms with Crippen molar-refractivity contribution < 1.29 is 50.1 Å². The Kier molecular flexibility index (Phi) is 9.48. The molecule has 4 N–H and O–H groups in total. The molecule has 1 aliphatic rings. The zero-order valence-corrected chi connectivity index (χ0v) is 16.1. The quantitative estimate of drug-likeness (QED) is 0.296. The minimum Gasteiger partial charge on any atom is -1.00 e. The number of nitrogens with zero attached hydrogens (tertiary/aromatic N) is 1. The van der Waals surface area contributed by atoms with Crippen LogP contribution in [0.2, 0.25) is 0 Å². The van der Waals surface area contributed by atoms with Gasteiger partial charge in [-0.25, -0.2) is 4.57 Å². The van der Waals surface area contributed by atoms with E-state index in [-0.39, 0.29) is 18.8 Å². The van der Waals surface area contributed by atoms with Crippen molar-refractivity contribution >= 4 is 15.4 Å². The van der Waals surface area contributed by atoms with E-state index >= 15 is 0 Å². The SMILES string of the molecule is CC[N+]1(CC)CCC(CCC(OP(=O)(O)O)P(=O)(O)O)CC1.[Cl-]. The molecule has 0 aromatic carbocycles. The lowest BCUT2D eigenvalue weighted by Crippen LogP contribution is -3.00. The van der Waals surface area contributed by atoms with E-state index in [9.17, 15) is 9.13 Å². The van der Waals surface area contributed by atoms with Crippen molar-refractivity contribution in [2.45, 2.75) is 45.4 Å². The van der Waals surface area contributed by atoms with Crippen LogP contribution >= 0.6 is 15.4 Å². The molecular weight excluding hydrogens is 368 g/mol. The van der Waals surface area contributed by atoms with Crippen molar-refractivity contribution in [2.24, 2.45) is 5.92 Å². The van der Waals surface area contributed by atoms with Gasteiger partial charge >= 0.3 is 15.4 Å². The van der Waals surface area contributed by atoms with Crippen LogP contribution in [-0.2, 0) is 13.7 Å². The zero-order chi connectivity index (χ0) is 17.0. The van der Waals surface area contributed by atoms with Gasteiger partial charge in [0.25, 0.3) is 0 Å². The van der Waals surface area contributed by atoms with Gasteiger partial charge in [0.15, 0.2) is 5.85 Å². The van der Waals surface area contributed by atoms with E-state index in [1.807, 2.05) is 0 Å². The van der Waals surface area contributed by atoms with E-state index in [1.165, 1.54) is 0 Å². The third-order valence-corrected chi connectivity index (χ3v) is 6.63. The summed E-state index contributed by atoms with van der Waals surface area (Å²) in [5, 5.41) is 0. The molecule has 0 amide bonds. The Balaban J connectivity index is 0.00000484. The lowest BCUT2D eigenvalue weighted by molar-refractivity contribution is -0.930.